The lowest BCUT2D eigenvalue weighted by Gasteiger charge is -2.18. The third kappa shape index (κ3) is 5.66. The van der Waals surface area contributed by atoms with Crippen LogP contribution in [0.25, 0.3) is 0 Å². The van der Waals surface area contributed by atoms with E-state index >= 15 is 0 Å². The largest absolute Gasteiger partial charge is 0.416 e. The van der Waals surface area contributed by atoms with Crippen LogP contribution in [-0.4, -0.2) is 25.1 Å². The lowest BCUT2D eigenvalue weighted by Crippen LogP contribution is -2.21. The molecule has 1 N–H and O–H groups in total. The normalized spacial score (nSPS) is 14.7. The number of rotatable bonds is 8. The summed E-state index contributed by atoms with van der Waals surface area (Å²) in [6.45, 7) is 9.59. The van der Waals surface area contributed by atoms with Crippen molar-refractivity contribution in [2.24, 2.45) is 10.9 Å². The Morgan fingerprint density at radius 3 is 2.54 bits per heavy atom. The lowest BCUT2D eigenvalue weighted by molar-refractivity contribution is -0.137. The van der Waals surface area contributed by atoms with Crippen molar-refractivity contribution in [1.82, 2.24) is 0 Å². The molecule has 6 heteroatoms. The summed E-state index contributed by atoms with van der Waals surface area (Å²) in [7, 11) is 1.57. The van der Waals surface area contributed by atoms with Gasteiger partial charge in [-0.15, -0.1) is 0 Å². The number of benzene rings is 1. The predicted molar refractivity (Wildman–Crippen MR) is 100 cm³/mol. The second-order valence-corrected chi connectivity index (χ2v) is 5.93. The highest BCUT2D eigenvalue weighted by molar-refractivity contribution is 6.13. The van der Waals surface area contributed by atoms with Crippen LogP contribution in [-0.2, 0) is 10.9 Å². The first kappa shape index (κ1) is 21.8. The van der Waals surface area contributed by atoms with Crippen molar-refractivity contribution < 1.29 is 17.9 Å². The predicted octanol–water partition coefficient (Wildman–Crippen LogP) is 5.99. The summed E-state index contributed by atoms with van der Waals surface area (Å²) in [6.07, 6.45) is -2.11. The molecule has 0 saturated carbocycles. The summed E-state index contributed by atoms with van der Waals surface area (Å²) < 4.78 is 43.6. The minimum absolute atomic E-state index is 0.222. The fraction of sp³-hybridized carbons (Fsp3) is 0.400. The molecular formula is C20H25F3N2O. The average molecular weight is 366 g/mol. The fourth-order valence-corrected chi connectivity index (χ4v) is 2.54. The molecule has 142 valence electrons. The molecule has 0 saturated heterocycles. The molecule has 0 bridgehead atoms. The molecular weight excluding hydrogens is 341 g/mol. The monoisotopic (exact) mass is 366 g/mol. The molecule has 0 amide bonds. The Morgan fingerprint density at radius 1 is 1.38 bits per heavy atom. The van der Waals surface area contributed by atoms with Crippen LogP contribution in [0.5, 0.6) is 0 Å². The summed E-state index contributed by atoms with van der Waals surface area (Å²) in [5, 5.41) is 8.48. The van der Waals surface area contributed by atoms with E-state index in [0.717, 1.165) is 23.3 Å². The van der Waals surface area contributed by atoms with Gasteiger partial charge in [0.05, 0.1) is 17.9 Å². The maximum Gasteiger partial charge on any atom is 0.416 e. The Labute approximate surface area is 152 Å². The van der Waals surface area contributed by atoms with E-state index in [9.17, 15) is 13.2 Å². The molecule has 1 aromatic carbocycles. The summed E-state index contributed by atoms with van der Waals surface area (Å²) in [4.78, 5) is 4.30. The molecule has 1 aromatic rings. The van der Waals surface area contributed by atoms with Crippen LogP contribution in [0.3, 0.4) is 0 Å². The highest BCUT2D eigenvalue weighted by Gasteiger charge is 2.30. The van der Waals surface area contributed by atoms with Crippen LogP contribution < -0.4 is 0 Å². The third-order valence-corrected chi connectivity index (χ3v) is 4.15. The van der Waals surface area contributed by atoms with Gasteiger partial charge < -0.3 is 10.1 Å². The number of aliphatic imine (C=N–C) groups is 1. The minimum atomic E-state index is -4.41. The van der Waals surface area contributed by atoms with Crippen molar-refractivity contribution in [2.75, 3.05) is 13.7 Å². The number of alkyl halides is 3. The van der Waals surface area contributed by atoms with Crippen molar-refractivity contribution in [1.29, 1.82) is 5.41 Å². The molecule has 3 nitrogen and oxygen atoms in total. The van der Waals surface area contributed by atoms with E-state index < -0.39 is 11.7 Å². The minimum Gasteiger partial charge on any atom is -0.380 e. The number of allylic oxidation sites excluding steroid dienone is 1. The number of nitrogens with one attached hydrogen (secondary N) is 1. The summed E-state index contributed by atoms with van der Waals surface area (Å²) in [6, 6.07) is 4.87. The number of methoxy groups -OCH3 is 1. The average Bonchev–Trinajstić information content (AvgIpc) is 2.60. The van der Waals surface area contributed by atoms with Crippen LogP contribution in [0.4, 0.5) is 18.9 Å². The Balaban J connectivity index is 3.16. The third-order valence-electron chi connectivity index (χ3n) is 4.15. The molecule has 1 atom stereocenters. The Bertz CT molecular complexity index is 718. The van der Waals surface area contributed by atoms with Gasteiger partial charge in [-0.2, -0.15) is 13.2 Å². The number of ether oxygens (including phenoxy) is 1. The molecule has 0 aliphatic heterocycles. The molecule has 0 aliphatic rings. The van der Waals surface area contributed by atoms with E-state index in [-0.39, 0.29) is 11.6 Å². The molecule has 1 unspecified atom stereocenters. The van der Waals surface area contributed by atoms with Crippen LogP contribution in [0.1, 0.15) is 32.8 Å². The zero-order valence-corrected chi connectivity index (χ0v) is 15.6. The van der Waals surface area contributed by atoms with Crippen molar-refractivity contribution in [3.8, 4) is 0 Å². The molecule has 26 heavy (non-hydrogen) atoms. The maximum absolute atomic E-state index is 12.8. The molecule has 0 aromatic heterocycles. The smallest absolute Gasteiger partial charge is 0.380 e. The second kappa shape index (κ2) is 9.48. The summed E-state index contributed by atoms with van der Waals surface area (Å²) in [5.74, 6) is -0.341. The van der Waals surface area contributed by atoms with Gasteiger partial charge in [-0.05, 0) is 42.7 Å². The van der Waals surface area contributed by atoms with Crippen molar-refractivity contribution in [2.45, 2.75) is 33.4 Å². The molecule has 0 aliphatic carbocycles. The van der Waals surface area contributed by atoms with Gasteiger partial charge in [0.2, 0.25) is 0 Å². The molecule has 0 fully saturated rings. The lowest BCUT2D eigenvalue weighted by atomic mass is 9.90. The van der Waals surface area contributed by atoms with E-state index in [1.54, 1.807) is 20.1 Å². The number of halogens is 3. The van der Waals surface area contributed by atoms with E-state index in [4.69, 9.17) is 10.1 Å². The highest BCUT2D eigenvalue weighted by atomic mass is 19.4. The Morgan fingerprint density at radius 2 is 2.04 bits per heavy atom. The first-order chi connectivity index (χ1) is 12.1. The fourth-order valence-electron chi connectivity index (χ4n) is 2.54. The molecule has 1 rings (SSSR count). The van der Waals surface area contributed by atoms with E-state index in [2.05, 4.69) is 11.6 Å². The van der Waals surface area contributed by atoms with E-state index in [1.165, 1.54) is 12.1 Å². The van der Waals surface area contributed by atoms with Gasteiger partial charge in [0.1, 0.15) is 0 Å². The van der Waals surface area contributed by atoms with E-state index in [0.29, 0.717) is 24.5 Å². The van der Waals surface area contributed by atoms with Gasteiger partial charge in [0.25, 0.3) is 0 Å². The second-order valence-electron chi connectivity index (χ2n) is 5.93. The Hall–Kier alpha value is -2.21. The molecule has 0 heterocycles. The van der Waals surface area contributed by atoms with Gasteiger partial charge in [-0.1, -0.05) is 32.6 Å². The van der Waals surface area contributed by atoms with Crippen molar-refractivity contribution in [3.05, 3.63) is 53.6 Å². The van der Waals surface area contributed by atoms with Gasteiger partial charge in [-0.25, -0.2) is 0 Å². The SMILES string of the molecule is C=C/C(COC)=C(\CC)C(=N)C(C)C(C)=Nc1cccc(C(F)(F)F)c1. The van der Waals surface area contributed by atoms with Crippen LogP contribution in [0.2, 0.25) is 0 Å². The van der Waals surface area contributed by atoms with Gasteiger partial charge in [0.15, 0.2) is 0 Å². The highest BCUT2D eigenvalue weighted by Crippen LogP contribution is 2.31. The quantitative estimate of drug-likeness (QED) is 0.445. The van der Waals surface area contributed by atoms with E-state index in [1.807, 2.05) is 13.8 Å². The molecule has 0 spiro atoms. The summed E-state index contributed by atoms with van der Waals surface area (Å²) >= 11 is 0. The van der Waals surface area contributed by atoms with Crippen LogP contribution in [0.15, 0.2) is 53.1 Å². The van der Waals surface area contributed by atoms with Gasteiger partial charge >= 0.3 is 6.18 Å². The Kier molecular flexibility index (Phi) is 7.96. The van der Waals surface area contributed by atoms with Gasteiger partial charge in [0, 0.05) is 24.5 Å². The van der Waals surface area contributed by atoms with Gasteiger partial charge in [-0.3, -0.25) is 4.99 Å². The van der Waals surface area contributed by atoms with Crippen molar-refractivity contribution in [3.63, 3.8) is 0 Å². The van der Waals surface area contributed by atoms with Crippen molar-refractivity contribution >= 4 is 17.1 Å². The summed E-state index contributed by atoms with van der Waals surface area (Å²) in [5.41, 5.74) is 2.07. The zero-order chi connectivity index (χ0) is 19.9. The maximum atomic E-state index is 12.8. The first-order valence-electron chi connectivity index (χ1n) is 8.30. The number of hydrogen-bond acceptors (Lipinski definition) is 3. The van der Waals surface area contributed by atoms with Crippen LogP contribution in [0, 0.1) is 11.3 Å². The number of nitrogens with zero attached hydrogens (tertiary/aromatic N) is 1. The standard InChI is InChI=1S/C20H25F3N2O/c1-6-15(12-26-5)18(7-2)19(24)13(3)14(4)25-17-10-8-9-16(11-17)20(21,22)23/h6,8-11,13,24H,1,7,12H2,2-5H3/b18-15-,24-19?,25-14?. The number of hydrogen-bond donors (Lipinski definition) is 1. The topological polar surface area (TPSA) is 45.4 Å². The first-order valence-corrected chi connectivity index (χ1v) is 8.30. The van der Waals surface area contributed by atoms with Crippen LogP contribution >= 0.6 is 0 Å². The molecule has 0 radical (unpaired) electrons. The zero-order valence-electron chi connectivity index (χ0n) is 15.6.